The van der Waals surface area contributed by atoms with Crippen LogP contribution in [0.4, 0.5) is 20.3 Å². The fourth-order valence-electron chi connectivity index (χ4n) is 3.68. The van der Waals surface area contributed by atoms with Crippen LogP contribution in [0.15, 0.2) is 55.2 Å². The maximum Gasteiger partial charge on any atom is 0.487 e. The molecule has 1 aliphatic heterocycles. The Balaban J connectivity index is 1.52. The van der Waals surface area contributed by atoms with Crippen molar-refractivity contribution in [2.75, 3.05) is 23.3 Å². The molecule has 32 heavy (non-hydrogen) atoms. The van der Waals surface area contributed by atoms with Crippen molar-refractivity contribution < 1.29 is 13.5 Å². The van der Waals surface area contributed by atoms with E-state index in [2.05, 4.69) is 31.0 Å². The molecule has 2 aromatic heterocycles. The first-order valence-corrected chi connectivity index (χ1v) is 10.6. The molecule has 0 aliphatic carbocycles. The summed E-state index contributed by atoms with van der Waals surface area (Å²) in [6.45, 7) is 2.13. The molecule has 3 N–H and O–H groups in total. The zero-order valence-electron chi connectivity index (χ0n) is 17.2. The van der Waals surface area contributed by atoms with Crippen LogP contribution in [-0.2, 0) is 6.54 Å². The molecule has 3 aromatic rings. The number of anilines is 2. The fraction of sp³-hybridized carbons (Fsp3) is 0.318. The second kappa shape index (κ2) is 9.62. The van der Waals surface area contributed by atoms with Gasteiger partial charge >= 0.3 is 5.57 Å². The number of pyridine rings is 1. The van der Waals surface area contributed by atoms with Gasteiger partial charge in [-0.25, -0.2) is 15.0 Å². The number of rotatable bonds is 7. The first-order valence-electron chi connectivity index (χ1n) is 10.2. The highest BCUT2D eigenvalue weighted by Crippen LogP contribution is 2.31. The summed E-state index contributed by atoms with van der Waals surface area (Å²) in [6, 6.07) is 8.30. The Hall–Kier alpha value is -3.04. The summed E-state index contributed by atoms with van der Waals surface area (Å²) < 4.78 is 29.8. The summed E-state index contributed by atoms with van der Waals surface area (Å²) in [5.41, 5.74) is 5.94. The minimum atomic E-state index is -3.74. The lowest BCUT2D eigenvalue weighted by Crippen LogP contribution is -2.43. The van der Waals surface area contributed by atoms with E-state index in [0.29, 0.717) is 6.54 Å². The van der Waals surface area contributed by atoms with Gasteiger partial charge < -0.3 is 20.7 Å². The third-order valence-corrected chi connectivity index (χ3v) is 5.21. The second-order valence-electron chi connectivity index (χ2n) is 7.62. The average Bonchev–Trinajstić information content (AvgIpc) is 2.78. The molecular formula is C22H23ClF2N6O. The maximum absolute atomic E-state index is 12.7. The fourth-order valence-corrected chi connectivity index (χ4v) is 3.77. The molecule has 1 unspecified atom stereocenters. The van der Waals surface area contributed by atoms with Gasteiger partial charge in [-0.05, 0) is 48.7 Å². The quantitative estimate of drug-likeness (QED) is 0.509. The summed E-state index contributed by atoms with van der Waals surface area (Å²) in [6.07, 6.45) is 8.87. The summed E-state index contributed by atoms with van der Waals surface area (Å²) >= 11 is 4.79. The van der Waals surface area contributed by atoms with Crippen molar-refractivity contribution in [3.05, 3.63) is 60.8 Å². The van der Waals surface area contributed by atoms with Crippen molar-refractivity contribution >= 4 is 23.1 Å². The molecule has 10 heteroatoms. The topological polar surface area (TPSA) is 89.2 Å². The van der Waals surface area contributed by atoms with E-state index >= 15 is 0 Å². The van der Waals surface area contributed by atoms with Gasteiger partial charge in [0.25, 0.3) is 0 Å². The highest BCUT2D eigenvalue weighted by Gasteiger charge is 2.27. The Kier molecular flexibility index (Phi) is 6.66. The molecule has 0 saturated carbocycles. The number of ether oxygens (including phenoxy) is 1. The molecule has 0 amide bonds. The standard InChI is InChI=1S/C22H23ClF2N6O/c23-22(24,25)32-19-5-3-18(4-6-19)29-9-15-8-20(16-11-27-14-28-12-16)21(30-10-15)31-7-1-2-17(26)13-31/h3-6,8,10-12,14,17,29H,1-2,7,9,13,26H2. The number of halogens is 3. The Morgan fingerprint density at radius 2 is 1.94 bits per heavy atom. The summed E-state index contributed by atoms with van der Waals surface area (Å²) in [4.78, 5) is 15.2. The molecular weight excluding hydrogens is 438 g/mol. The van der Waals surface area contributed by atoms with Crippen LogP contribution in [0.1, 0.15) is 18.4 Å². The normalized spacial score (nSPS) is 16.6. The number of alkyl halides is 3. The van der Waals surface area contributed by atoms with Crippen LogP contribution in [-0.4, -0.2) is 39.7 Å². The first kappa shape index (κ1) is 22.2. The second-order valence-corrected chi connectivity index (χ2v) is 8.06. The van der Waals surface area contributed by atoms with Gasteiger partial charge in [0.2, 0.25) is 0 Å². The van der Waals surface area contributed by atoms with Gasteiger partial charge in [0.05, 0.1) is 0 Å². The molecule has 3 heterocycles. The SMILES string of the molecule is NC1CCCN(c2ncc(CNc3ccc(OC(F)(F)Cl)cc3)cc2-c2cncnc2)C1. The van der Waals surface area contributed by atoms with Crippen LogP contribution in [0, 0.1) is 0 Å². The van der Waals surface area contributed by atoms with Gasteiger partial charge in [-0.1, -0.05) is 0 Å². The number of hydrogen-bond donors (Lipinski definition) is 2. The number of nitrogens with two attached hydrogens (primary N) is 1. The lowest BCUT2D eigenvalue weighted by atomic mass is 10.0. The summed E-state index contributed by atoms with van der Waals surface area (Å²) in [5, 5.41) is 3.25. The smallest absolute Gasteiger partial charge is 0.420 e. The van der Waals surface area contributed by atoms with E-state index in [4.69, 9.17) is 22.3 Å². The number of aromatic nitrogens is 3. The molecule has 1 fully saturated rings. The minimum absolute atomic E-state index is 0.0207. The van der Waals surface area contributed by atoms with Gasteiger partial charge in [0, 0.05) is 72.7 Å². The van der Waals surface area contributed by atoms with Crippen LogP contribution in [0.5, 0.6) is 5.75 Å². The Morgan fingerprint density at radius 3 is 2.62 bits per heavy atom. The highest BCUT2D eigenvalue weighted by atomic mass is 35.5. The van der Waals surface area contributed by atoms with Gasteiger partial charge in [-0.2, -0.15) is 0 Å². The Labute approximate surface area is 189 Å². The van der Waals surface area contributed by atoms with Crippen LogP contribution in [0.25, 0.3) is 11.1 Å². The largest absolute Gasteiger partial charge is 0.487 e. The number of piperidine rings is 1. The molecule has 168 valence electrons. The number of hydrogen-bond acceptors (Lipinski definition) is 7. The lowest BCUT2D eigenvalue weighted by Gasteiger charge is -2.33. The van der Waals surface area contributed by atoms with Gasteiger partial charge in [0.15, 0.2) is 0 Å². The molecule has 1 atom stereocenters. The third kappa shape index (κ3) is 5.80. The number of nitrogens with zero attached hydrogens (tertiary/aromatic N) is 4. The summed E-state index contributed by atoms with van der Waals surface area (Å²) in [7, 11) is 0. The van der Waals surface area contributed by atoms with E-state index in [1.807, 2.05) is 6.20 Å². The van der Waals surface area contributed by atoms with Crippen molar-refractivity contribution in [1.82, 2.24) is 15.0 Å². The predicted molar refractivity (Wildman–Crippen MR) is 120 cm³/mol. The molecule has 1 saturated heterocycles. The van der Waals surface area contributed by atoms with Crippen LogP contribution in [0.2, 0.25) is 0 Å². The van der Waals surface area contributed by atoms with Gasteiger partial charge in [0.1, 0.15) is 17.9 Å². The van der Waals surface area contributed by atoms with Crippen LogP contribution >= 0.6 is 11.6 Å². The van der Waals surface area contributed by atoms with E-state index in [0.717, 1.165) is 54.1 Å². The highest BCUT2D eigenvalue weighted by molar-refractivity contribution is 6.20. The van der Waals surface area contributed by atoms with Crippen LogP contribution < -0.4 is 20.7 Å². The van der Waals surface area contributed by atoms with Crippen molar-refractivity contribution in [2.24, 2.45) is 5.73 Å². The summed E-state index contributed by atoms with van der Waals surface area (Å²) in [5.74, 6) is 0.842. The lowest BCUT2D eigenvalue weighted by molar-refractivity contribution is -0.0964. The van der Waals surface area contributed by atoms with E-state index < -0.39 is 5.57 Å². The van der Waals surface area contributed by atoms with Gasteiger partial charge in [-0.15, -0.1) is 8.78 Å². The molecule has 1 aromatic carbocycles. The minimum Gasteiger partial charge on any atom is -0.420 e. The maximum atomic E-state index is 12.7. The Bertz CT molecular complexity index is 1030. The average molecular weight is 461 g/mol. The molecule has 0 radical (unpaired) electrons. The zero-order chi connectivity index (χ0) is 22.6. The molecule has 0 bridgehead atoms. The molecule has 1 aliphatic rings. The molecule has 7 nitrogen and oxygen atoms in total. The van der Waals surface area contributed by atoms with E-state index in [-0.39, 0.29) is 11.8 Å². The molecule has 0 spiro atoms. The van der Waals surface area contributed by atoms with Crippen molar-refractivity contribution in [3.8, 4) is 16.9 Å². The Morgan fingerprint density at radius 1 is 1.19 bits per heavy atom. The predicted octanol–water partition coefficient (Wildman–Crippen LogP) is 4.25. The number of nitrogens with one attached hydrogen (secondary N) is 1. The van der Waals surface area contributed by atoms with Crippen molar-refractivity contribution in [2.45, 2.75) is 31.0 Å². The zero-order valence-corrected chi connectivity index (χ0v) is 18.0. The molecule has 4 rings (SSSR count). The third-order valence-electron chi connectivity index (χ3n) is 5.14. The van der Waals surface area contributed by atoms with E-state index in [9.17, 15) is 8.78 Å². The van der Waals surface area contributed by atoms with E-state index in [1.54, 1.807) is 24.5 Å². The van der Waals surface area contributed by atoms with E-state index in [1.165, 1.54) is 18.5 Å². The first-order chi connectivity index (χ1) is 15.4. The van der Waals surface area contributed by atoms with Crippen LogP contribution in [0.3, 0.4) is 0 Å². The monoisotopic (exact) mass is 460 g/mol. The van der Waals surface area contributed by atoms with Crippen molar-refractivity contribution in [3.63, 3.8) is 0 Å². The number of benzene rings is 1. The van der Waals surface area contributed by atoms with Crippen molar-refractivity contribution in [1.29, 1.82) is 0 Å². The van der Waals surface area contributed by atoms with Gasteiger partial charge in [-0.3, -0.25) is 0 Å².